The van der Waals surface area contributed by atoms with Crippen LogP contribution < -0.4 is 10.6 Å². The third-order valence-corrected chi connectivity index (χ3v) is 4.19. The van der Waals surface area contributed by atoms with Crippen LogP contribution in [0.4, 0.5) is 9.18 Å². The quantitative estimate of drug-likeness (QED) is 0.782. The number of benzene rings is 1. The van der Waals surface area contributed by atoms with Gasteiger partial charge >= 0.3 is 6.03 Å². The topological polar surface area (TPSA) is 61.4 Å². The average Bonchev–Trinajstić information content (AvgIpc) is 2.87. The molecule has 1 fully saturated rings. The van der Waals surface area contributed by atoms with Gasteiger partial charge in [-0.1, -0.05) is 30.5 Å². The van der Waals surface area contributed by atoms with Crippen LogP contribution in [0, 0.1) is 5.82 Å². The molecule has 116 valence electrons. The molecule has 4 nitrogen and oxygen atoms in total. The molecule has 0 spiro atoms. The second-order valence-corrected chi connectivity index (χ2v) is 5.90. The molecule has 1 aromatic carbocycles. The zero-order valence-corrected chi connectivity index (χ0v) is 12.5. The van der Waals surface area contributed by atoms with Crippen molar-refractivity contribution in [2.45, 2.75) is 37.7 Å². The number of halogens is 2. The van der Waals surface area contributed by atoms with E-state index in [1.165, 1.54) is 6.07 Å². The van der Waals surface area contributed by atoms with E-state index >= 15 is 0 Å². The predicted molar refractivity (Wildman–Crippen MR) is 79.9 cm³/mol. The van der Waals surface area contributed by atoms with Gasteiger partial charge in [-0.15, -0.1) is 0 Å². The van der Waals surface area contributed by atoms with Gasteiger partial charge in [-0.3, -0.25) is 0 Å². The van der Waals surface area contributed by atoms with Crippen LogP contribution in [-0.4, -0.2) is 29.8 Å². The normalized spacial score (nSPS) is 16.7. The van der Waals surface area contributed by atoms with Crippen LogP contribution in [0.2, 0.25) is 5.02 Å². The van der Waals surface area contributed by atoms with Crippen LogP contribution in [0.25, 0.3) is 0 Å². The van der Waals surface area contributed by atoms with Crippen LogP contribution in [0.3, 0.4) is 0 Å². The molecule has 0 radical (unpaired) electrons. The van der Waals surface area contributed by atoms with Crippen molar-refractivity contribution in [1.82, 2.24) is 10.6 Å². The van der Waals surface area contributed by atoms with Crippen LogP contribution >= 0.6 is 11.6 Å². The van der Waals surface area contributed by atoms with Crippen molar-refractivity contribution in [3.8, 4) is 0 Å². The van der Waals surface area contributed by atoms with Crippen molar-refractivity contribution < 1.29 is 14.3 Å². The van der Waals surface area contributed by atoms with Crippen molar-refractivity contribution >= 4 is 17.6 Å². The van der Waals surface area contributed by atoms with Crippen LogP contribution in [0.1, 0.15) is 31.2 Å². The number of nitrogens with one attached hydrogen (secondary N) is 2. The molecular formula is C15H20ClFN2O2. The summed E-state index contributed by atoms with van der Waals surface area (Å²) in [4.78, 5) is 11.6. The van der Waals surface area contributed by atoms with Gasteiger partial charge in [0.1, 0.15) is 5.82 Å². The molecule has 0 aromatic heterocycles. The summed E-state index contributed by atoms with van der Waals surface area (Å²) in [6.07, 6.45) is 3.75. The molecule has 0 aliphatic heterocycles. The van der Waals surface area contributed by atoms with Gasteiger partial charge in [-0.05, 0) is 31.4 Å². The van der Waals surface area contributed by atoms with E-state index < -0.39 is 5.60 Å². The molecule has 0 bridgehead atoms. The highest BCUT2D eigenvalue weighted by molar-refractivity contribution is 6.31. The molecule has 2 rings (SSSR count). The monoisotopic (exact) mass is 314 g/mol. The van der Waals surface area contributed by atoms with Gasteiger partial charge in [0.2, 0.25) is 0 Å². The van der Waals surface area contributed by atoms with E-state index in [-0.39, 0.29) is 24.9 Å². The lowest BCUT2D eigenvalue weighted by molar-refractivity contribution is 0.0501. The summed E-state index contributed by atoms with van der Waals surface area (Å²) >= 11 is 5.91. The largest absolute Gasteiger partial charge is 0.388 e. The molecule has 0 atom stereocenters. The maximum Gasteiger partial charge on any atom is 0.314 e. The molecular weight excluding hydrogens is 295 g/mol. The minimum absolute atomic E-state index is 0.249. The Morgan fingerprint density at radius 1 is 1.33 bits per heavy atom. The molecule has 1 aromatic rings. The first-order valence-corrected chi connectivity index (χ1v) is 7.55. The van der Waals surface area contributed by atoms with E-state index in [1.54, 1.807) is 12.1 Å². The Morgan fingerprint density at radius 2 is 2.05 bits per heavy atom. The molecule has 3 N–H and O–H groups in total. The molecule has 1 aliphatic carbocycles. The number of rotatable bonds is 5. The highest BCUT2D eigenvalue weighted by atomic mass is 35.5. The van der Waals surface area contributed by atoms with E-state index in [0.717, 1.165) is 25.7 Å². The third kappa shape index (κ3) is 4.58. The minimum Gasteiger partial charge on any atom is -0.388 e. The van der Waals surface area contributed by atoms with Gasteiger partial charge in [-0.2, -0.15) is 0 Å². The maximum atomic E-state index is 13.5. The van der Waals surface area contributed by atoms with E-state index in [2.05, 4.69) is 10.6 Å². The van der Waals surface area contributed by atoms with Crippen LogP contribution in [0.5, 0.6) is 0 Å². The maximum absolute atomic E-state index is 13.5. The number of urea groups is 1. The molecule has 1 saturated carbocycles. The summed E-state index contributed by atoms with van der Waals surface area (Å²) in [5.74, 6) is -0.370. The first kappa shape index (κ1) is 16.0. The van der Waals surface area contributed by atoms with Crippen LogP contribution in [-0.2, 0) is 6.42 Å². The Labute approximate surface area is 128 Å². The van der Waals surface area contributed by atoms with Gasteiger partial charge < -0.3 is 15.7 Å². The predicted octanol–water partition coefficient (Wildman–Crippen LogP) is 2.63. The first-order valence-electron chi connectivity index (χ1n) is 7.17. The molecule has 1 aliphatic rings. The highest BCUT2D eigenvalue weighted by Crippen LogP contribution is 2.28. The average molecular weight is 315 g/mol. The van der Waals surface area contributed by atoms with Gasteiger partial charge in [0.05, 0.1) is 5.60 Å². The summed E-state index contributed by atoms with van der Waals surface area (Å²) in [6.45, 7) is 0.532. The van der Waals surface area contributed by atoms with Gasteiger partial charge in [0.25, 0.3) is 0 Å². The van der Waals surface area contributed by atoms with Crippen molar-refractivity contribution in [1.29, 1.82) is 0 Å². The lowest BCUT2D eigenvalue weighted by atomic mass is 10.0. The lowest BCUT2D eigenvalue weighted by Gasteiger charge is -2.22. The summed E-state index contributed by atoms with van der Waals surface area (Å²) in [5, 5.41) is 15.8. The number of hydrogen-bond acceptors (Lipinski definition) is 2. The number of carbonyl (C=O) groups is 1. The molecule has 0 saturated heterocycles. The van der Waals surface area contributed by atoms with Crippen molar-refractivity contribution in [3.63, 3.8) is 0 Å². The van der Waals surface area contributed by atoms with E-state index in [1.807, 2.05) is 0 Å². The highest BCUT2D eigenvalue weighted by Gasteiger charge is 2.31. The first-order chi connectivity index (χ1) is 10.0. The SMILES string of the molecule is O=C(NCCc1c(F)cccc1Cl)NCC1(O)CCCC1. The second-order valence-electron chi connectivity index (χ2n) is 5.49. The van der Waals surface area contributed by atoms with Gasteiger partial charge in [-0.25, -0.2) is 9.18 Å². The summed E-state index contributed by atoms with van der Waals surface area (Å²) in [7, 11) is 0. The van der Waals surface area contributed by atoms with Crippen molar-refractivity contribution in [3.05, 3.63) is 34.6 Å². The van der Waals surface area contributed by atoms with Gasteiger partial charge in [0, 0.05) is 23.7 Å². The van der Waals surface area contributed by atoms with E-state index in [0.29, 0.717) is 17.0 Å². The third-order valence-electron chi connectivity index (χ3n) is 3.83. The Kier molecular flexibility index (Phi) is 5.42. The summed E-state index contributed by atoms with van der Waals surface area (Å²) in [5.41, 5.74) is -0.375. The fraction of sp³-hybridized carbons (Fsp3) is 0.533. The number of amides is 2. The van der Waals surface area contributed by atoms with Crippen molar-refractivity contribution in [2.24, 2.45) is 0 Å². The molecule has 0 heterocycles. The second kappa shape index (κ2) is 7.09. The number of aliphatic hydroxyl groups is 1. The number of carbonyl (C=O) groups excluding carboxylic acids is 1. The lowest BCUT2D eigenvalue weighted by Crippen LogP contribution is -2.45. The Hall–Kier alpha value is -1.33. The molecule has 6 heteroatoms. The fourth-order valence-electron chi connectivity index (χ4n) is 2.59. The standard InChI is InChI=1S/C15H20ClFN2O2/c16-12-4-3-5-13(17)11(12)6-9-18-14(20)19-10-15(21)7-1-2-8-15/h3-5,21H,1-2,6-10H2,(H2,18,19,20). The zero-order valence-electron chi connectivity index (χ0n) is 11.8. The smallest absolute Gasteiger partial charge is 0.314 e. The van der Waals surface area contributed by atoms with E-state index in [4.69, 9.17) is 11.6 Å². The Balaban J connectivity index is 1.72. The molecule has 21 heavy (non-hydrogen) atoms. The number of hydrogen-bond donors (Lipinski definition) is 3. The Bertz CT molecular complexity index is 484. The minimum atomic E-state index is -0.772. The van der Waals surface area contributed by atoms with Gasteiger partial charge in [0.15, 0.2) is 0 Å². The Morgan fingerprint density at radius 3 is 2.71 bits per heavy atom. The fourth-order valence-corrected chi connectivity index (χ4v) is 2.85. The van der Waals surface area contributed by atoms with Crippen LogP contribution in [0.15, 0.2) is 18.2 Å². The zero-order chi connectivity index (χ0) is 15.3. The summed E-state index contributed by atoms with van der Waals surface area (Å²) in [6, 6.07) is 4.15. The summed E-state index contributed by atoms with van der Waals surface area (Å²) < 4.78 is 13.5. The molecule has 2 amide bonds. The molecule has 0 unspecified atom stereocenters. The van der Waals surface area contributed by atoms with E-state index in [9.17, 15) is 14.3 Å². The van der Waals surface area contributed by atoms with Crippen molar-refractivity contribution in [2.75, 3.05) is 13.1 Å².